The van der Waals surface area contributed by atoms with Crippen molar-refractivity contribution in [1.29, 1.82) is 0 Å². The SMILES string of the molecule is Cc1cccc(C)c1NS(=O)(=O)N(C)CCCN. The largest absolute Gasteiger partial charge is 0.330 e. The molecule has 1 rings (SSSR count). The Morgan fingerprint density at radius 2 is 1.83 bits per heavy atom. The van der Waals surface area contributed by atoms with Crippen LogP contribution in [0, 0.1) is 13.8 Å². The maximum atomic E-state index is 12.1. The van der Waals surface area contributed by atoms with Gasteiger partial charge in [-0.05, 0) is 37.9 Å². The predicted octanol–water partition coefficient (Wildman–Crippen LogP) is 1.24. The van der Waals surface area contributed by atoms with Crippen LogP contribution in [0.4, 0.5) is 5.69 Å². The van der Waals surface area contributed by atoms with Gasteiger partial charge in [-0.2, -0.15) is 12.7 Å². The predicted molar refractivity (Wildman–Crippen MR) is 74.8 cm³/mol. The van der Waals surface area contributed by atoms with Crippen molar-refractivity contribution < 1.29 is 8.42 Å². The van der Waals surface area contributed by atoms with E-state index < -0.39 is 10.2 Å². The van der Waals surface area contributed by atoms with Gasteiger partial charge in [0.05, 0.1) is 5.69 Å². The van der Waals surface area contributed by atoms with Gasteiger partial charge in [0.2, 0.25) is 0 Å². The van der Waals surface area contributed by atoms with Crippen molar-refractivity contribution in [3.63, 3.8) is 0 Å². The summed E-state index contributed by atoms with van der Waals surface area (Å²) in [4.78, 5) is 0. The Bertz CT molecular complexity index is 480. The zero-order chi connectivity index (χ0) is 13.8. The second-order valence-corrected chi connectivity index (χ2v) is 6.12. The number of rotatable bonds is 6. The lowest BCUT2D eigenvalue weighted by Gasteiger charge is -2.20. The molecule has 6 heteroatoms. The molecule has 0 fully saturated rings. The normalized spacial score (nSPS) is 11.8. The number of nitrogens with zero attached hydrogens (tertiary/aromatic N) is 1. The zero-order valence-corrected chi connectivity index (χ0v) is 11.9. The van der Waals surface area contributed by atoms with Crippen LogP contribution in [-0.2, 0) is 10.2 Å². The van der Waals surface area contributed by atoms with Crippen molar-refractivity contribution in [2.24, 2.45) is 5.73 Å². The highest BCUT2D eigenvalue weighted by Crippen LogP contribution is 2.21. The average Bonchev–Trinajstić information content (AvgIpc) is 2.31. The number of anilines is 1. The molecule has 3 N–H and O–H groups in total. The average molecular weight is 271 g/mol. The molecular formula is C12H21N3O2S. The fraction of sp³-hybridized carbons (Fsp3) is 0.500. The second-order valence-electron chi connectivity index (χ2n) is 4.34. The molecule has 0 atom stereocenters. The standard InChI is InChI=1S/C12H21N3O2S/c1-10-6-4-7-11(2)12(10)14-18(16,17)15(3)9-5-8-13/h4,6-7,14H,5,8-9,13H2,1-3H3. The summed E-state index contributed by atoms with van der Waals surface area (Å²) >= 11 is 0. The third-order valence-electron chi connectivity index (χ3n) is 2.80. The van der Waals surface area contributed by atoms with Crippen molar-refractivity contribution >= 4 is 15.9 Å². The molecule has 18 heavy (non-hydrogen) atoms. The number of hydrogen-bond donors (Lipinski definition) is 2. The lowest BCUT2D eigenvalue weighted by Crippen LogP contribution is -2.34. The van der Waals surface area contributed by atoms with Gasteiger partial charge in [-0.1, -0.05) is 18.2 Å². The van der Waals surface area contributed by atoms with E-state index in [9.17, 15) is 8.42 Å². The Morgan fingerprint density at radius 1 is 1.28 bits per heavy atom. The summed E-state index contributed by atoms with van der Waals surface area (Å²) in [7, 11) is -1.96. The van der Waals surface area contributed by atoms with E-state index in [1.165, 1.54) is 4.31 Å². The first kappa shape index (κ1) is 14.9. The van der Waals surface area contributed by atoms with Gasteiger partial charge in [-0.3, -0.25) is 4.72 Å². The number of benzene rings is 1. The zero-order valence-electron chi connectivity index (χ0n) is 11.1. The number of nitrogens with one attached hydrogen (secondary N) is 1. The Kier molecular flexibility index (Phi) is 5.13. The fourth-order valence-corrected chi connectivity index (χ4v) is 2.72. The first-order valence-electron chi connectivity index (χ1n) is 5.89. The summed E-state index contributed by atoms with van der Waals surface area (Å²) in [6.07, 6.45) is 0.643. The van der Waals surface area contributed by atoms with Gasteiger partial charge in [0.1, 0.15) is 0 Å². The molecule has 0 aliphatic rings. The fourth-order valence-electron chi connectivity index (χ4n) is 1.62. The summed E-state index contributed by atoms with van der Waals surface area (Å²) < 4.78 is 28.1. The topological polar surface area (TPSA) is 75.4 Å². The summed E-state index contributed by atoms with van der Waals surface area (Å²) in [5, 5.41) is 0. The molecular weight excluding hydrogens is 250 g/mol. The maximum absolute atomic E-state index is 12.1. The van der Waals surface area contributed by atoms with Crippen LogP contribution in [0.5, 0.6) is 0 Å². The van der Waals surface area contributed by atoms with E-state index in [0.717, 1.165) is 11.1 Å². The number of nitrogens with two attached hydrogens (primary N) is 1. The quantitative estimate of drug-likeness (QED) is 0.817. The number of hydrogen-bond acceptors (Lipinski definition) is 3. The van der Waals surface area contributed by atoms with E-state index in [1.807, 2.05) is 32.0 Å². The Balaban J connectivity index is 2.89. The number of aryl methyl sites for hydroxylation is 2. The lowest BCUT2D eigenvalue weighted by molar-refractivity contribution is 0.468. The van der Waals surface area contributed by atoms with Crippen LogP contribution in [0.25, 0.3) is 0 Å². The molecule has 0 saturated heterocycles. The Hall–Kier alpha value is -1.11. The van der Waals surface area contributed by atoms with E-state index in [1.54, 1.807) is 7.05 Å². The molecule has 0 radical (unpaired) electrons. The van der Waals surface area contributed by atoms with Gasteiger partial charge < -0.3 is 5.73 Å². The maximum Gasteiger partial charge on any atom is 0.301 e. The smallest absolute Gasteiger partial charge is 0.301 e. The Labute approximate surface area is 109 Å². The van der Waals surface area contributed by atoms with Gasteiger partial charge >= 0.3 is 10.2 Å². The van der Waals surface area contributed by atoms with Crippen molar-refractivity contribution in [1.82, 2.24) is 4.31 Å². The van der Waals surface area contributed by atoms with Crippen LogP contribution >= 0.6 is 0 Å². The van der Waals surface area contributed by atoms with Crippen LogP contribution in [0.15, 0.2) is 18.2 Å². The molecule has 0 bridgehead atoms. The third-order valence-corrected chi connectivity index (χ3v) is 4.26. The van der Waals surface area contributed by atoms with Crippen LogP contribution in [0.2, 0.25) is 0 Å². The molecule has 0 heterocycles. The van der Waals surface area contributed by atoms with Crippen LogP contribution < -0.4 is 10.5 Å². The van der Waals surface area contributed by atoms with Crippen molar-refractivity contribution in [3.8, 4) is 0 Å². The summed E-state index contributed by atoms with van der Waals surface area (Å²) in [5.74, 6) is 0. The van der Waals surface area contributed by atoms with Gasteiger partial charge in [-0.15, -0.1) is 0 Å². The van der Waals surface area contributed by atoms with Gasteiger partial charge in [0.15, 0.2) is 0 Å². The molecule has 0 unspecified atom stereocenters. The molecule has 0 spiro atoms. The monoisotopic (exact) mass is 271 g/mol. The molecule has 0 amide bonds. The van der Waals surface area contributed by atoms with Crippen molar-refractivity contribution in [2.75, 3.05) is 24.9 Å². The summed E-state index contributed by atoms with van der Waals surface area (Å²) in [6.45, 7) is 4.65. The summed E-state index contributed by atoms with van der Waals surface area (Å²) in [6, 6.07) is 5.66. The first-order valence-corrected chi connectivity index (χ1v) is 7.33. The van der Waals surface area contributed by atoms with Gasteiger partial charge in [0.25, 0.3) is 0 Å². The lowest BCUT2D eigenvalue weighted by atomic mass is 10.1. The summed E-state index contributed by atoms with van der Waals surface area (Å²) in [5.41, 5.74) is 7.85. The van der Waals surface area contributed by atoms with E-state index in [-0.39, 0.29) is 0 Å². The van der Waals surface area contributed by atoms with Gasteiger partial charge in [0, 0.05) is 13.6 Å². The molecule has 0 aliphatic heterocycles. The van der Waals surface area contributed by atoms with E-state index in [2.05, 4.69) is 4.72 Å². The third kappa shape index (κ3) is 3.69. The van der Waals surface area contributed by atoms with Crippen molar-refractivity contribution in [2.45, 2.75) is 20.3 Å². The highest BCUT2D eigenvalue weighted by molar-refractivity contribution is 7.90. The highest BCUT2D eigenvalue weighted by atomic mass is 32.2. The van der Waals surface area contributed by atoms with Gasteiger partial charge in [-0.25, -0.2) is 0 Å². The van der Waals surface area contributed by atoms with Crippen molar-refractivity contribution in [3.05, 3.63) is 29.3 Å². The minimum absolute atomic E-state index is 0.413. The molecule has 1 aromatic carbocycles. The Morgan fingerprint density at radius 3 is 2.33 bits per heavy atom. The molecule has 102 valence electrons. The highest BCUT2D eigenvalue weighted by Gasteiger charge is 2.18. The van der Waals surface area contributed by atoms with E-state index in [4.69, 9.17) is 5.73 Å². The molecule has 5 nitrogen and oxygen atoms in total. The van der Waals surface area contributed by atoms with E-state index in [0.29, 0.717) is 25.2 Å². The van der Waals surface area contributed by atoms with Crippen LogP contribution in [-0.4, -0.2) is 32.9 Å². The van der Waals surface area contributed by atoms with E-state index >= 15 is 0 Å². The molecule has 0 aromatic heterocycles. The van der Waals surface area contributed by atoms with Crippen LogP contribution in [0.3, 0.4) is 0 Å². The first-order chi connectivity index (χ1) is 8.38. The number of para-hydroxylation sites is 1. The molecule has 0 saturated carbocycles. The molecule has 0 aliphatic carbocycles. The minimum Gasteiger partial charge on any atom is -0.330 e. The molecule has 1 aromatic rings. The minimum atomic E-state index is -3.50. The van der Waals surface area contributed by atoms with Crippen LogP contribution in [0.1, 0.15) is 17.5 Å². The second kappa shape index (κ2) is 6.17.